The molecular weight excluding hydrogens is 181 g/mol. The molecule has 0 aromatic carbocycles. The third-order valence-corrected chi connectivity index (χ3v) is 2.04. The highest BCUT2D eigenvalue weighted by molar-refractivity contribution is 8.00. The molecule has 0 atom stereocenters. The Bertz CT molecular complexity index is 292. The highest BCUT2D eigenvalue weighted by atomic mass is 32.2. The van der Waals surface area contributed by atoms with E-state index in [1.54, 1.807) is 6.07 Å². The number of pyridine rings is 1. The number of halogens is 1. The van der Waals surface area contributed by atoms with E-state index in [-0.39, 0.29) is 5.75 Å². The molecule has 0 saturated heterocycles. The maximum atomic E-state index is 12.4. The topological polar surface area (TPSA) is 50.2 Å². The lowest BCUT2D eigenvalue weighted by atomic mass is 10.5. The van der Waals surface area contributed by atoms with Crippen molar-refractivity contribution in [2.45, 2.75) is 4.90 Å². The van der Waals surface area contributed by atoms with E-state index in [2.05, 4.69) is 4.98 Å². The Labute approximate surface area is 72.6 Å². The van der Waals surface area contributed by atoms with E-state index in [9.17, 15) is 9.18 Å². The van der Waals surface area contributed by atoms with Gasteiger partial charge in [-0.3, -0.25) is 4.79 Å². The maximum Gasteiger partial charge on any atom is 0.313 e. The average molecular weight is 187 g/mol. The molecule has 0 radical (unpaired) electrons. The van der Waals surface area contributed by atoms with Crippen LogP contribution in [-0.2, 0) is 4.79 Å². The summed E-state index contributed by atoms with van der Waals surface area (Å²) >= 11 is 1.06. The largest absolute Gasteiger partial charge is 0.481 e. The molecule has 0 fully saturated rings. The van der Waals surface area contributed by atoms with Crippen molar-refractivity contribution in [2.75, 3.05) is 5.75 Å². The molecule has 0 spiro atoms. The molecule has 64 valence electrons. The van der Waals surface area contributed by atoms with Crippen LogP contribution in [0.25, 0.3) is 0 Å². The molecule has 0 unspecified atom stereocenters. The minimum Gasteiger partial charge on any atom is -0.481 e. The number of carbonyl (C=O) groups is 1. The fourth-order valence-corrected chi connectivity index (χ4v) is 1.25. The third-order valence-electron chi connectivity index (χ3n) is 1.06. The Hall–Kier alpha value is -1.10. The zero-order valence-corrected chi connectivity index (χ0v) is 6.84. The van der Waals surface area contributed by atoms with Crippen LogP contribution in [0.1, 0.15) is 0 Å². The van der Waals surface area contributed by atoms with Gasteiger partial charge in [0.25, 0.3) is 0 Å². The predicted octanol–water partition coefficient (Wildman–Crippen LogP) is 1.40. The number of hydrogen-bond acceptors (Lipinski definition) is 3. The smallest absolute Gasteiger partial charge is 0.313 e. The van der Waals surface area contributed by atoms with Crippen molar-refractivity contribution in [3.63, 3.8) is 0 Å². The van der Waals surface area contributed by atoms with E-state index in [4.69, 9.17) is 5.11 Å². The lowest BCUT2D eigenvalue weighted by Crippen LogP contribution is -1.97. The van der Waals surface area contributed by atoms with Gasteiger partial charge in [0.2, 0.25) is 5.95 Å². The minimum absolute atomic E-state index is 0.0660. The average Bonchev–Trinajstić information content (AvgIpc) is 2.01. The normalized spacial score (nSPS) is 9.75. The molecular formula is C7H6FNO2S. The molecule has 0 aliphatic heterocycles. The molecule has 0 saturated carbocycles. The second-order valence-electron chi connectivity index (χ2n) is 2.00. The van der Waals surface area contributed by atoms with Gasteiger partial charge in [0.05, 0.1) is 5.75 Å². The van der Waals surface area contributed by atoms with Gasteiger partial charge in [-0.25, -0.2) is 4.98 Å². The molecule has 1 aromatic heterocycles. The van der Waals surface area contributed by atoms with Crippen molar-refractivity contribution in [2.24, 2.45) is 0 Å². The minimum atomic E-state index is -0.919. The molecule has 1 heterocycles. The molecule has 1 rings (SSSR count). The summed E-state index contributed by atoms with van der Waals surface area (Å²) in [6.45, 7) is 0. The van der Waals surface area contributed by atoms with Crippen molar-refractivity contribution in [3.8, 4) is 0 Å². The van der Waals surface area contributed by atoms with Crippen LogP contribution in [0, 0.1) is 5.95 Å². The SMILES string of the molecule is O=C(O)CSc1ccnc(F)c1. The van der Waals surface area contributed by atoms with E-state index in [1.807, 2.05) is 0 Å². The van der Waals surface area contributed by atoms with Crippen LogP contribution in [0.4, 0.5) is 4.39 Å². The first-order valence-corrected chi connectivity index (χ1v) is 4.13. The fourth-order valence-electron chi connectivity index (χ4n) is 0.620. The Morgan fingerprint density at radius 1 is 1.75 bits per heavy atom. The molecule has 12 heavy (non-hydrogen) atoms. The van der Waals surface area contributed by atoms with Gasteiger partial charge in [-0.2, -0.15) is 4.39 Å². The lowest BCUT2D eigenvalue weighted by molar-refractivity contribution is -0.133. The van der Waals surface area contributed by atoms with Crippen molar-refractivity contribution >= 4 is 17.7 Å². The zero-order valence-electron chi connectivity index (χ0n) is 6.03. The lowest BCUT2D eigenvalue weighted by Gasteiger charge is -1.96. The third kappa shape index (κ3) is 2.87. The van der Waals surface area contributed by atoms with Crippen LogP contribution in [0.5, 0.6) is 0 Å². The Morgan fingerprint density at radius 3 is 3.08 bits per heavy atom. The van der Waals surface area contributed by atoms with Crippen LogP contribution in [0.3, 0.4) is 0 Å². The predicted molar refractivity (Wildman–Crippen MR) is 42.6 cm³/mol. The van der Waals surface area contributed by atoms with Crippen LogP contribution in [-0.4, -0.2) is 21.8 Å². The monoisotopic (exact) mass is 187 g/mol. The number of nitrogens with zero attached hydrogens (tertiary/aromatic N) is 1. The van der Waals surface area contributed by atoms with E-state index >= 15 is 0 Å². The van der Waals surface area contributed by atoms with Gasteiger partial charge < -0.3 is 5.11 Å². The number of hydrogen-bond donors (Lipinski definition) is 1. The summed E-state index contributed by atoms with van der Waals surface area (Å²) in [5, 5.41) is 8.31. The zero-order chi connectivity index (χ0) is 8.97. The van der Waals surface area contributed by atoms with Crippen molar-refractivity contribution in [3.05, 3.63) is 24.3 Å². The summed E-state index contributed by atoms with van der Waals surface area (Å²) in [5.41, 5.74) is 0. The summed E-state index contributed by atoms with van der Waals surface area (Å²) < 4.78 is 12.4. The van der Waals surface area contributed by atoms with Crippen molar-refractivity contribution in [1.82, 2.24) is 4.98 Å². The summed E-state index contributed by atoms with van der Waals surface area (Å²) in [4.78, 5) is 14.0. The Morgan fingerprint density at radius 2 is 2.50 bits per heavy atom. The highest BCUT2D eigenvalue weighted by Gasteiger charge is 2.00. The van der Waals surface area contributed by atoms with Gasteiger partial charge >= 0.3 is 5.97 Å². The number of thioether (sulfide) groups is 1. The van der Waals surface area contributed by atoms with Crippen LogP contribution >= 0.6 is 11.8 Å². The number of aromatic nitrogens is 1. The number of aliphatic carboxylic acids is 1. The summed E-state index contributed by atoms with van der Waals surface area (Å²) in [7, 11) is 0. The van der Waals surface area contributed by atoms with E-state index in [1.165, 1.54) is 12.3 Å². The van der Waals surface area contributed by atoms with Crippen LogP contribution < -0.4 is 0 Å². The summed E-state index contributed by atoms with van der Waals surface area (Å²) in [6.07, 6.45) is 1.31. The first-order valence-electron chi connectivity index (χ1n) is 3.14. The summed E-state index contributed by atoms with van der Waals surface area (Å²) in [5.74, 6) is -1.58. The van der Waals surface area contributed by atoms with Crippen LogP contribution in [0.2, 0.25) is 0 Å². The van der Waals surface area contributed by atoms with Gasteiger partial charge in [0, 0.05) is 17.2 Å². The van der Waals surface area contributed by atoms with Gasteiger partial charge in [0.15, 0.2) is 0 Å². The van der Waals surface area contributed by atoms with Gasteiger partial charge in [-0.1, -0.05) is 0 Å². The first kappa shape index (κ1) is 8.99. The molecule has 1 N–H and O–H groups in total. The highest BCUT2D eigenvalue weighted by Crippen LogP contribution is 2.16. The van der Waals surface area contributed by atoms with E-state index in [0.29, 0.717) is 4.90 Å². The molecule has 0 amide bonds. The van der Waals surface area contributed by atoms with E-state index in [0.717, 1.165) is 11.8 Å². The Balaban J connectivity index is 2.57. The molecule has 1 aromatic rings. The van der Waals surface area contributed by atoms with Gasteiger partial charge in [-0.15, -0.1) is 11.8 Å². The molecule has 0 bridgehead atoms. The van der Waals surface area contributed by atoms with Gasteiger partial charge in [-0.05, 0) is 6.07 Å². The number of rotatable bonds is 3. The second-order valence-corrected chi connectivity index (χ2v) is 3.05. The number of carboxylic acid groups (broad SMARTS) is 1. The molecule has 3 nitrogen and oxygen atoms in total. The second kappa shape index (κ2) is 4.06. The Kier molecular flexibility index (Phi) is 3.04. The first-order chi connectivity index (χ1) is 5.68. The quantitative estimate of drug-likeness (QED) is 0.574. The summed E-state index contributed by atoms with van der Waals surface area (Å²) in [6, 6.07) is 2.77. The fraction of sp³-hybridized carbons (Fsp3) is 0.143. The molecule has 0 aliphatic carbocycles. The standard InChI is InChI=1S/C7H6FNO2S/c8-6-3-5(1-2-9-6)12-4-7(10)11/h1-3H,4H2,(H,10,11). The van der Waals surface area contributed by atoms with Crippen LogP contribution in [0.15, 0.2) is 23.2 Å². The molecule has 0 aliphatic rings. The van der Waals surface area contributed by atoms with Crippen molar-refractivity contribution < 1.29 is 14.3 Å². The van der Waals surface area contributed by atoms with Gasteiger partial charge in [0.1, 0.15) is 0 Å². The maximum absolute atomic E-state index is 12.4. The van der Waals surface area contributed by atoms with Crippen molar-refractivity contribution in [1.29, 1.82) is 0 Å². The number of carboxylic acids is 1. The van der Waals surface area contributed by atoms with E-state index < -0.39 is 11.9 Å². The molecule has 5 heteroatoms.